The first-order valence-electron chi connectivity index (χ1n) is 7.23. The Balaban J connectivity index is 2.04. The number of aliphatic hydroxyl groups excluding tert-OH is 2. The van der Waals surface area contributed by atoms with Crippen LogP contribution in [0.2, 0.25) is 0 Å². The Hall–Kier alpha value is -0.900. The summed E-state index contributed by atoms with van der Waals surface area (Å²) in [5.74, 6) is 0.290. The van der Waals surface area contributed by atoms with E-state index in [9.17, 15) is 23.4 Å². The van der Waals surface area contributed by atoms with Crippen molar-refractivity contribution in [3.05, 3.63) is 18.0 Å². The first-order valence-corrected chi connectivity index (χ1v) is 8.11. The summed E-state index contributed by atoms with van der Waals surface area (Å²) in [7, 11) is 0. The molecule has 1 aromatic rings. The Bertz CT molecular complexity index is 530. The third-order valence-corrected chi connectivity index (χ3v) is 4.60. The summed E-state index contributed by atoms with van der Waals surface area (Å²) in [6.45, 7) is 4.05. The summed E-state index contributed by atoms with van der Waals surface area (Å²) in [6, 6.07) is 0.783. The van der Waals surface area contributed by atoms with Crippen molar-refractivity contribution in [2.45, 2.75) is 55.2 Å². The molecule has 1 aromatic heterocycles. The van der Waals surface area contributed by atoms with Crippen LogP contribution in [0.5, 0.6) is 0 Å². The topological polar surface area (TPSA) is 75.5 Å². The molecule has 0 spiro atoms. The summed E-state index contributed by atoms with van der Waals surface area (Å²) >= 11 is 0.870. The van der Waals surface area contributed by atoms with Gasteiger partial charge in [0.25, 0.3) is 0 Å². The van der Waals surface area contributed by atoms with Crippen molar-refractivity contribution in [2.75, 3.05) is 6.61 Å². The highest BCUT2D eigenvalue weighted by molar-refractivity contribution is 7.99. The molecule has 4 unspecified atom stereocenters. The molecule has 5 nitrogen and oxygen atoms in total. The van der Waals surface area contributed by atoms with Crippen molar-refractivity contribution in [1.29, 1.82) is 0 Å². The molecule has 130 valence electrons. The number of rotatable bonds is 4. The standard InChI is InChI=1S/C14H19F3N2O3S/c1-7(2)5-8-11(20)12(21)9(6-22-8)23-13-18-4-3-10(19-13)14(15,16)17/h3-4,7-9,11-12,20-21H,5-6H2,1-2H3. The summed E-state index contributed by atoms with van der Waals surface area (Å²) in [6.07, 6.45) is -5.63. The van der Waals surface area contributed by atoms with Crippen molar-refractivity contribution in [2.24, 2.45) is 5.92 Å². The van der Waals surface area contributed by atoms with Gasteiger partial charge >= 0.3 is 6.18 Å². The number of thioether (sulfide) groups is 1. The van der Waals surface area contributed by atoms with Crippen molar-refractivity contribution < 1.29 is 28.1 Å². The van der Waals surface area contributed by atoms with E-state index >= 15 is 0 Å². The summed E-state index contributed by atoms with van der Waals surface area (Å²) in [5, 5.41) is 19.6. The lowest BCUT2D eigenvalue weighted by atomic mass is 9.95. The van der Waals surface area contributed by atoms with E-state index in [2.05, 4.69) is 9.97 Å². The van der Waals surface area contributed by atoms with Gasteiger partial charge in [-0.3, -0.25) is 0 Å². The van der Waals surface area contributed by atoms with Crippen LogP contribution in [0.25, 0.3) is 0 Å². The highest BCUT2D eigenvalue weighted by atomic mass is 32.2. The minimum absolute atomic E-state index is 0.109. The van der Waals surface area contributed by atoms with Crippen LogP contribution in [0.3, 0.4) is 0 Å². The van der Waals surface area contributed by atoms with Gasteiger partial charge in [0.05, 0.1) is 24.1 Å². The summed E-state index contributed by atoms with van der Waals surface area (Å²) < 4.78 is 43.5. The smallest absolute Gasteiger partial charge is 0.389 e. The van der Waals surface area contributed by atoms with Gasteiger partial charge in [-0.05, 0) is 18.4 Å². The minimum atomic E-state index is -4.55. The first-order chi connectivity index (χ1) is 10.7. The lowest BCUT2D eigenvalue weighted by Crippen LogP contribution is -2.52. The SMILES string of the molecule is CC(C)CC1OCC(Sc2nccc(C(F)(F)F)n2)C(O)C1O. The number of hydrogen-bond donors (Lipinski definition) is 2. The van der Waals surface area contributed by atoms with Crippen LogP contribution in [0.4, 0.5) is 13.2 Å². The van der Waals surface area contributed by atoms with Crippen molar-refractivity contribution in [3.63, 3.8) is 0 Å². The Morgan fingerprint density at radius 3 is 2.65 bits per heavy atom. The normalized spacial score (nSPS) is 29.0. The predicted octanol–water partition coefficient (Wildman–Crippen LogP) is 2.12. The molecular weight excluding hydrogens is 333 g/mol. The molecule has 1 saturated heterocycles. The van der Waals surface area contributed by atoms with E-state index in [-0.39, 0.29) is 17.7 Å². The molecule has 9 heteroatoms. The molecule has 4 atom stereocenters. The number of hydrogen-bond acceptors (Lipinski definition) is 6. The van der Waals surface area contributed by atoms with Crippen LogP contribution in [0.1, 0.15) is 26.0 Å². The fourth-order valence-electron chi connectivity index (χ4n) is 2.32. The van der Waals surface area contributed by atoms with Gasteiger partial charge < -0.3 is 14.9 Å². The molecular formula is C14H19F3N2O3S. The maximum absolute atomic E-state index is 12.6. The molecule has 0 amide bonds. The van der Waals surface area contributed by atoms with Crippen LogP contribution in [-0.2, 0) is 10.9 Å². The fourth-order valence-corrected chi connectivity index (χ4v) is 3.31. The van der Waals surface area contributed by atoms with Crippen LogP contribution in [0.15, 0.2) is 17.4 Å². The number of nitrogens with zero attached hydrogens (tertiary/aromatic N) is 2. The van der Waals surface area contributed by atoms with Gasteiger partial charge in [-0.25, -0.2) is 9.97 Å². The monoisotopic (exact) mass is 352 g/mol. The Morgan fingerprint density at radius 1 is 1.35 bits per heavy atom. The van der Waals surface area contributed by atoms with Crippen molar-refractivity contribution in [1.82, 2.24) is 9.97 Å². The third kappa shape index (κ3) is 4.79. The summed E-state index contributed by atoms with van der Waals surface area (Å²) in [4.78, 5) is 7.22. The number of ether oxygens (including phenoxy) is 1. The molecule has 2 N–H and O–H groups in total. The average molecular weight is 352 g/mol. The van der Waals surface area contributed by atoms with Gasteiger partial charge in [0, 0.05) is 6.20 Å². The van der Waals surface area contributed by atoms with Gasteiger partial charge in [0.2, 0.25) is 0 Å². The second kappa shape index (κ2) is 7.33. The second-order valence-corrected chi connectivity index (χ2v) is 7.07. The van der Waals surface area contributed by atoms with E-state index in [0.29, 0.717) is 6.42 Å². The number of aromatic nitrogens is 2. The Labute approximate surface area is 136 Å². The molecule has 0 saturated carbocycles. The quantitative estimate of drug-likeness (QED) is 0.809. The molecule has 1 fully saturated rings. The third-order valence-electron chi connectivity index (χ3n) is 3.47. The van der Waals surface area contributed by atoms with Crippen LogP contribution in [0, 0.1) is 5.92 Å². The van der Waals surface area contributed by atoms with Gasteiger partial charge in [0.15, 0.2) is 5.16 Å². The number of alkyl halides is 3. The largest absolute Gasteiger partial charge is 0.433 e. The highest BCUT2D eigenvalue weighted by Gasteiger charge is 2.40. The molecule has 23 heavy (non-hydrogen) atoms. The molecule has 0 aromatic carbocycles. The van der Waals surface area contributed by atoms with Gasteiger partial charge in [-0.15, -0.1) is 0 Å². The van der Waals surface area contributed by atoms with Crippen molar-refractivity contribution in [3.8, 4) is 0 Å². The highest BCUT2D eigenvalue weighted by Crippen LogP contribution is 2.33. The first kappa shape index (κ1) is 18.4. The van der Waals surface area contributed by atoms with Gasteiger partial charge in [0.1, 0.15) is 11.8 Å². The van der Waals surface area contributed by atoms with Gasteiger partial charge in [-0.1, -0.05) is 25.6 Å². The maximum Gasteiger partial charge on any atom is 0.433 e. The molecule has 0 bridgehead atoms. The van der Waals surface area contributed by atoms with E-state index in [1.807, 2.05) is 13.8 Å². The van der Waals surface area contributed by atoms with Crippen LogP contribution in [-0.4, -0.2) is 50.3 Å². The maximum atomic E-state index is 12.6. The Morgan fingerprint density at radius 2 is 2.04 bits per heavy atom. The molecule has 1 aliphatic rings. The van der Waals surface area contributed by atoms with Gasteiger partial charge in [-0.2, -0.15) is 13.2 Å². The summed E-state index contributed by atoms with van der Waals surface area (Å²) in [5.41, 5.74) is -1.04. The van der Waals surface area contributed by atoms with Crippen LogP contribution >= 0.6 is 11.8 Å². The number of halogens is 3. The molecule has 0 aliphatic carbocycles. The Kier molecular flexibility index (Phi) is 5.88. The van der Waals surface area contributed by atoms with E-state index < -0.39 is 35.4 Å². The molecule has 2 heterocycles. The zero-order valence-corrected chi connectivity index (χ0v) is 13.5. The molecule has 0 radical (unpaired) electrons. The predicted molar refractivity (Wildman–Crippen MR) is 77.9 cm³/mol. The average Bonchev–Trinajstić information content (AvgIpc) is 2.46. The molecule has 1 aliphatic heterocycles. The lowest BCUT2D eigenvalue weighted by Gasteiger charge is -2.37. The minimum Gasteiger partial charge on any atom is -0.389 e. The fraction of sp³-hybridized carbons (Fsp3) is 0.714. The lowest BCUT2D eigenvalue weighted by molar-refractivity contribution is -0.141. The van der Waals surface area contributed by atoms with E-state index in [4.69, 9.17) is 4.74 Å². The zero-order chi connectivity index (χ0) is 17.2. The van der Waals surface area contributed by atoms with Crippen molar-refractivity contribution >= 4 is 11.8 Å². The zero-order valence-electron chi connectivity index (χ0n) is 12.7. The molecule has 2 rings (SSSR count). The van der Waals surface area contributed by atoms with E-state index in [0.717, 1.165) is 24.0 Å². The van der Waals surface area contributed by atoms with E-state index in [1.165, 1.54) is 0 Å². The van der Waals surface area contributed by atoms with E-state index in [1.54, 1.807) is 0 Å². The van der Waals surface area contributed by atoms with Crippen LogP contribution < -0.4 is 0 Å². The second-order valence-electron chi connectivity index (χ2n) is 5.86. The number of aliphatic hydroxyl groups is 2.